The van der Waals surface area contributed by atoms with Crippen LogP contribution in [0.1, 0.15) is 111 Å². The van der Waals surface area contributed by atoms with Gasteiger partial charge in [-0.3, -0.25) is 4.79 Å². The molecule has 3 aliphatic heterocycles. The number of aliphatic hydroxyl groups excluding tert-OH is 2. The molecule has 20 atom stereocenters. The van der Waals surface area contributed by atoms with Gasteiger partial charge in [-0.15, -0.1) is 0 Å². The van der Waals surface area contributed by atoms with Crippen molar-refractivity contribution in [3.8, 4) is 0 Å². The van der Waals surface area contributed by atoms with E-state index < -0.39 is 120 Å². The molecular formula is C50H72O15. The summed E-state index contributed by atoms with van der Waals surface area (Å²) in [6.45, 7) is 11.0. The Bertz CT molecular complexity index is 1900. The highest BCUT2D eigenvalue weighted by Crippen LogP contribution is 2.70. The largest absolute Gasteiger partial charge is 0.458 e. The number of ketones is 1. The van der Waals surface area contributed by atoms with Crippen molar-refractivity contribution in [2.75, 3.05) is 14.2 Å². The average Bonchev–Trinajstić information content (AvgIpc) is 3.57. The van der Waals surface area contributed by atoms with Crippen molar-refractivity contribution in [2.45, 2.75) is 203 Å². The maximum Gasteiger partial charge on any atom is 0.331 e. The molecule has 8 rings (SSSR count). The first-order valence-electron chi connectivity index (χ1n) is 23.8. The van der Waals surface area contributed by atoms with E-state index in [0.717, 1.165) is 11.1 Å². The summed E-state index contributed by atoms with van der Waals surface area (Å²) in [6.07, 6.45) is 0.769. The monoisotopic (exact) mass is 912 g/mol. The molecule has 3 saturated heterocycles. The molecule has 15 heteroatoms. The van der Waals surface area contributed by atoms with Gasteiger partial charge >= 0.3 is 5.97 Å². The molecule has 65 heavy (non-hydrogen) atoms. The number of carbonyl (C=O) groups is 2. The summed E-state index contributed by atoms with van der Waals surface area (Å²) in [5.41, 5.74) is -3.05. The van der Waals surface area contributed by atoms with Gasteiger partial charge in [0.05, 0.1) is 42.7 Å². The Morgan fingerprint density at radius 3 is 2.08 bits per heavy atom. The molecule has 0 bridgehead atoms. The Morgan fingerprint density at radius 2 is 1.42 bits per heavy atom. The molecule has 0 spiro atoms. The number of methoxy groups -OCH3 is 2. The van der Waals surface area contributed by atoms with E-state index >= 15 is 0 Å². The van der Waals surface area contributed by atoms with Crippen LogP contribution in [0.15, 0.2) is 48.1 Å². The van der Waals surface area contributed by atoms with Crippen LogP contribution in [0.5, 0.6) is 0 Å². The summed E-state index contributed by atoms with van der Waals surface area (Å²) in [6, 6.07) is 9.44. The Morgan fingerprint density at radius 1 is 0.785 bits per heavy atom. The van der Waals surface area contributed by atoms with Gasteiger partial charge < -0.3 is 63.1 Å². The molecule has 7 aliphatic rings. The van der Waals surface area contributed by atoms with Crippen molar-refractivity contribution in [2.24, 2.45) is 22.7 Å². The van der Waals surface area contributed by atoms with E-state index in [1.165, 1.54) is 13.0 Å². The number of benzene rings is 1. The topological polar surface area (TPSA) is 198 Å². The van der Waals surface area contributed by atoms with Crippen LogP contribution in [0.2, 0.25) is 0 Å². The average molecular weight is 913 g/mol. The molecule has 6 fully saturated rings. The Hall–Kier alpha value is -2.64. The maximum absolute atomic E-state index is 13.5. The first-order chi connectivity index (χ1) is 30.8. The summed E-state index contributed by atoms with van der Waals surface area (Å²) < 4.78 is 55.5. The molecule has 0 radical (unpaired) electrons. The van der Waals surface area contributed by atoms with Crippen LogP contribution < -0.4 is 0 Å². The van der Waals surface area contributed by atoms with Gasteiger partial charge in [-0.2, -0.15) is 0 Å². The highest BCUT2D eigenvalue weighted by Gasteiger charge is 2.77. The van der Waals surface area contributed by atoms with Gasteiger partial charge in [0, 0.05) is 56.8 Å². The molecular weight excluding hydrogens is 841 g/mol. The molecule has 1 aromatic rings. The molecule has 3 heterocycles. The Labute approximate surface area is 383 Å². The molecule has 1 aromatic carbocycles. The summed E-state index contributed by atoms with van der Waals surface area (Å²) >= 11 is 0. The quantitative estimate of drug-likeness (QED) is 0.125. The van der Waals surface area contributed by atoms with Crippen molar-refractivity contribution >= 4 is 17.8 Å². The van der Waals surface area contributed by atoms with E-state index in [1.54, 1.807) is 27.2 Å². The van der Waals surface area contributed by atoms with Gasteiger partial charge in [-0.25, -0.2) is 4.79 Å². The first-order valence-corrected chi connectivity index (χ1v) is 23.8. The molecule has 4 aliphatic carbocycles. The van der Waals surface area contributed by atoms with Gasteiger partial charge in [0.25, 0.3) is 0 Å². The zero-order valence-corrected chi connectivity index (χ0v) is 39.2. The van der Waals surface area contributed by atoms with Gasteiger partial charge in [0.15, 0.2) is 18.9 Å². The van der Waals surface area contributed by atoms with E-state index in [4.69, 9.17) is 42.6 Å². The van der Waals surface area contributed by atoms with Crippen LogP contribution in [0.3, 0.4) is 0 Å². The van der Waals surface area contributed by atoms with Crippen molar-refractivity contribution in [1.82, 2.24) is 0 Å². The number of esters is 1. The lowest BCUT2D eigenvalue weighted by molar-refractivity contribution is -0.337. The molecule has 3 saturated carbocycles. The fourth-order valence-corrected chi connectivity index (χ4v) is 13.2. The van der Waals surface area contributed by atoms with E-state index in [2.05, 4.69) is 13.0 Å². The second-order valence-electron chi connectivity index (χ2n) is 20.4. The summed E-state index contributed by atoms with van der Waals surface area (Å²) in [7, 11) is 3.16. The first kappa shape index (κ1) is 48.8. The zero-order valence-electron chi connectivity index (χ0n) is 39.2. The SMILES string of the molecule is CO[C@@H]1C[C@H](O[C@@H]2[C@@H](C)O[C@@H](O[C@H]3[C@H](O)C[C@H](O[C@H]4CC[C@@]5(C)C(=CC[C@]6(O)[C@@H]5C[C@@H](OC(=O)/C=C/c5ccccc5)[C@]5(C)[C@H](C(C)=O)CC[C@@]56O)C4)O[C@@H]3C)C[C@H]2OC)O[C@H](C)[C@H]1O. The normalized spacial score (nSPS) is 47.6. The summed E-state index contributed by atoms with van der Waals surface area (Å²) in [5.74, 6) is -1.71. The Balaban J connectivity index is 0.899. The molecule has 0 amide bonds. The van der Waals surface area contributed by atoms with E-state index in [1.807, 2.05) is 51.1 Å². The predicted octanol–water partition coefficient (Wildman–Crippen LogP) is 4.93. The maximum atomic E-state index is 13.5. The number of carbonyl (C=O) groups excluding carboxylic acids is 2. The fourth-order valence-electron chi connectivity index (χ4n) is 13.2. The highest BCUT2D eigenvalue weighted by atomic mass is 16.7. The molecule has 362 valence electrons. The second-order valence-corrected chi connectivity index (χ2v) is 20.4. The minimum absolute atomic E-state index is 0.0925. The molecule has 15 nitrogen and oxygen atoms in total. The number of hydrogen-bond donors (Lipinski definition) is 4. The number of Topliss-reactive ketones (excluding diaryl/α,β-unsaturated/α-hetero) is 1. The minimum Gasteiger partial charge on any atom is -0.458 e. The van der Waals surface area contributed by atoms with Gasteiger partial charge in [-0.1, -0.05) is 55.8 Å². The third-order valence-corrected chi connectivity index (χ3v) is 16.9. The van der Waals surface area contributed by atoms with E-state index in [-0.39, 0.29) is 37.6 Å². The van der Waals surface area contributed by atoms with Gasteiger partial charge in [0.2, 0.25) is 0 Å². The standard InChI is InChI=1S/C50H72O15/c1-27(51)34-18-21-50(56)48(34,6)39(63-40(53)15-14-31-12-10-9-11-13-31)26-38-47(5)19-17-33(22-32(47)16-20-49(38,50)55)62-41-23-35(52)45(29(3)60-41)64-43-25-37(58-8)46(30(4)61-43)65-42-24-36(57-7)44(54)28(2)59-42/h9-16,28-30,33-39,41-46,52,54-56H,17-26H2,1-8H3/b15-14+/t28-,29-,30-,33+,34+,35-,36-,37-,38-,39-,41+,42+,43+,44-,45-,46-,47+,48+,49+,50-/m1/s1. The van der Waals surface area contributed by atoms with Gasteiger partial charge in [0.1, 0.15) is 41.4 Å². The van der Waals surface area contributed by atoms with Crippen LogP contribution in [-0.2, 0) is 52.2 Å². The summed E-state index contributed by atoms with van der Waals surface area (Å²) in [5, 5.41) is 47.7. The van der Waals surface area contributed by atoms with E-state index in [9.17, 15) is 30.0 Å². The Kier molecular flexibility index (Phi) is 14.3. The van der Waals surface area contributed by atoms with Crippen LogP contribution in [0.4, 0.5) is 0 Å². The van der Waals surface area contributed by atoms with Crippen LogP contribution in [-0.4, -0.2) is 144 Å². The molecule has 4 N–H and O–H groups in total. The smallest absolute Gasteiger partial charge is 0.331 e. The minimum atomic E-state index is -1.69. The predicted molar refractivity (Wildman–Crippen MR) is 235 cm³/mol. The van der Waals surface area contributed by atoms with Crippen molar-refractivity contribution in [3.05, 3.63) is 53.6 Å². The number of aliphatic hydroxyl groups is 4. The lowest BCUT2D eigenvalue weighted by Crippen LogP contribution is -2.75. The van der Waals surface area contributed by atoms with Crippen molar-refractivity contribution in [1.29, 1.82) is 0 Å². The second kappa shape index (κ2) is 19.0. The zero-order chi connectivity index (χ0) is 46.6. The van der Waals surface area contributed by atoms with Crippen LogP contribution in [0.25, 0.3) is 6.08 Å². The number of hydrogen-bond acceptors (Lipinski definition) is 15. The van der Waals surface area contributed by atoms with Crippen LogP contribution >= 0.6 is 0 Å². The summed E-state index contributed by atoms with van der Waals surface area (Å²) in [4.78, 5) is 26.7. The van der Waals surface area contributed by atoms with Crippen LogP contribution in [0, 0.1) is 22.7 Å². The number of ether oxygens (including phenoxy) is 9. The molecule has 0 unspecified atom stereocenters. The highest BCUT2D eigenvalue weighted by molar-refractivity contribution is 5.87. The lowest BCUT2D eigenvalue weighted by Gasteiger charge is -2.66. The third kappa shape index (κ3) is 8.84. The lowest BCUT2D eigenvalue weighted by atomic mass is 9.43. The number of rotatable bonds is 12. The van der Waals surface area contributed by atoms with Crippen molar-refractivity contribution < 1.29 is 72.6 Å². The number of fused-ring (bicyclic) bond motifs is 5. The van der Waals surface area contributed by atoms with E-state index in [0.29, 0.717) is 38.5 Å². The van der Waals surface area contributed by atoms with Gasteiger partial charge in [-0.05, 0) is 89.7 Å². The third-order valence-electron chi connectivity index (χ3n) is 16.9. The van der Waals surface area contributed by atoms with Crippen molar-refractivity contribution in [3.63, 3.8) is 0 Å². The molecule has 0 aromatic heterocycles. The fraction of sp³-hybridized carbons (Fsp3) is 0.760.